The predicted octanol–water partition coefficient (Wildman–Crippen LogP) is 4.15. The Balaban J connectivity index is 3.52. The summed E-state index contributed by atoms with van der Waals surface area (Å²) in [5.74, 6) is 0.668. The Kier molecular flexibility index (Phi) is 3.85. The van der Waals surface area contributed by atoms with E-state index in [2.05, 4.69) is 60.5 Å². The molecule has 0 spiro atoms. The third kappa shape index (κ3) is 2.70. The number of rotatable bonds is 2. The van der Waals surface area contributed by atoms with Gasteiger partial charge in [-0.1, -0.05) is 34.6 Å². The Morgan fingerprint density at radius 2 is 1.67 bits per heavy atom. The van der Waals surface area contributed by atoms with E-state index in [1.807, 2.05) is 4.68 Å². The molecule has 0 aliphatic rings. The minimum atomic E-state index is -0.119. The van der Waals surface area contributed by atoms with Crippen LogP contribution in [0, 0.1) is 0 Å². The molecule has 1 heterocycles. The standard InChI is InChI=1S/C15H28N2O/c1-9-10(2)11-12(18)13(14(3,4)5)17(16-11)15(6,7)8/h10,18H,9H2,1-8H3. The van der Waals surface area contributed by atoms with Crippen molar-refractivity contribution >= 4 is 0 Å². The summed E-state index contributed by atoms with van der Waals surface area (Å²) in [7, 11) is 0. The molecule has 0 aliphatic carbocycles. The minimum absolute atomic E-state index is 0.115. The second-order valence-corrected chi connectivity index (χ2v) is 7.22. The highest BCUT2D eigenvalue weighted by molar-refractivity contribution is 5.39. The van der Waals surface area contributed by atoms with Crippen LogP contribution in [-0.4, -0.2) is 14.9 Å². The van der Waals surface area contributed by atoms with Crippen molar-refractivity contribution in [3.63, 3.8) is 0 Å². The second kappa shape index (κ2) is 4.60. The molecule has 3 nitrogen and oxygen atoms in total. The van der Waals surface area contributed by atoms with Gasteiger partial charge in [-0.05, 0) is 27.2 Å². The van der Waals surface area contributed by atoms with Crippen LogP contribution in [0.5, 0.6) is 5.75 Å². The van der Waals surface area contributed by atoms with Gasteiger partial charge in [-0.2, -0.15) is 5.10 Å². The van der Waals surface area contributed by atoms with E-state index >= 15 is 0 Å². The van der Waals surface area contributed by atoms with Gasteiger partial charge in [0, 0.05) is 11.3 Å². The zero-order chi connectivity index (χ0) is 14.3. The Morgan fingerprint density at radius 1 is 1.17 bits per heavy atom. The average molecular weight is 252 g/mol. The van der Waals surface area contributed by atoms with E-state index in [0.29, 0.717) is 5.75 Å². The number of hydrogen-bond donors (Lipinski definition) is 1. The van der Waals surface area contributed by atoms with Crippen LogP contribution in [0.2, 0.25) is 0 Å². The number of hydrogen-bond acceptors (Lipinski definition) is 2. The molecule has 0 fully saturated rings. The molecule has 0 bridgehead atoms. The molecule has 0 aliphatic heterocycles. The smallest absolute Gasteiger partial charge is 0.160 e. The van der Waals surface area contributed by atoms with Gasteiger partial charge in [0.25, 0.3) is 0 Å². The van der Waals surface area contributed by atoms with Gasteiger partial charge in [0.05, 0.1) is 11.2 Å². The van der Waals surface area contributed by atoms with E-state index in [-0.39, 0.29) is 16.9 Å². The van der Waals surface area contributed by atoms with Gasteiger partial charge in [-0.3, -0.25) is 4.68 Å². The first kappa shape index (κ1) is 15.1. The third-order valence-electron chi connectivity index (χ3n) is 3.31. The normalized spacial score (nSPS) is 14.9. The van der Waals surface area contributed by atoms with Crippen LogP contribution in [0.3, 0.4) is 0 Å². The van der Waals surface area contributed by atoms with Gasteiger partial charge >= 0.3 is 0 Å². The molecule has 1 atom stereocenters. The van der Waals surface area contributed by atoms with E-state index in [1.165, 1.54) is 0 Å². The average Bonchev–Trinajstić information content (AvgIpc) is 2.53. The fraction of sp³-hybridized carbons (Fsp3) is 0.800. The van der Waals surface area contributed by atoms with Crippen molar-refractivity contribution in [2.24, 2.45) is 0 Å². The number of nitrogens with zero attached hydrogens (tertiary/aromatic N) is 2. The second-order valence-electron chi connectivity index (χ2n) is 7.22. The van der Waals surface area contributed by atoms with Crippen molar-refractivity contribution < 1.29 is 5.11 Å². The van der Waals surface area contributed by atoms with Crippen LogP contribution in [0.15, 0.2) is 0 Å². The largest absolute Gasteiger partial charge is 0.504 e. The molecular weight excluding hydrogens is 224 g/mol. The minimum Gasteiger partial charge on any atom is -0.504 e. The molecular formula is C15H28N2O. The van der Waals surface area contributed by atoms with Gasteiger partial charge < -0.3 is 5.11 Å². The van der Waals surface area contributed by atoms with Crippen molar-refractivity contribution in [1.29, 1.82) is 0 Å². The van der Waals surface area contributed by atoms with E-state index < -0.39 is 0 Å². The summed E-state index contributed by atoms with van der Waals surface area (Å²) in [6.07, 6.45) is 0.984. The monoisotopic (exact) mass is 252 g/mol. The summed E-state index contributed by atoms with van der Waals surface area (Å²) in [5.41, 5.74) is 1.53. The Hall–Kier alpha value is -0.990. The van der Waals surface area contributed by atoms with E-state index in [1.54, 1.807) is 0 Å². The predicted molar refractivity (Wildman–Crippen MR) is 76.3 cm³/mol. The highest BCUT2D eigenvalue weighted by atomic mass is 16.3. The first-order valence-electron chi connectivity index (χ1n) is 6.83. The highest BCUT2D eigenvalue weighted by Gasteiger charge is 2.32. The summed E-state index contributed by atoms with van der Waals surface area (Å²) >= 11 is 0. The van der Waals surface area contributed by atoms with Crippen LogP contribution >= 0.6 is 0 Å². The molecule has 1 aromatic rings. The Bertz CT molecular complexity index is 419. The molecule has 3 heteroatoms. The Morgan fingerprint density at radius 3 is 1.94 bits per heavy atom. The quantitative estimate of drug-likeness (QED) is 0.858. The van der Waals surface area contributed by atoms with E-state index in [0.717, 1.165) is 17.8 Å². The summed E-state index contributed by atoms with van der Waals surface area (Å²) in [6.45, 7) is 16.9. The zero-order valence-electron chi connectivity index (χ0n) is 13.1. The van der Waals surface area contributed by atoms with E-state index in [4.69, 9.17) is 0 Å². The lowest BCUT2D eigenvalue weighted by atomic mass is 9.89. The van der Waals surface area contributed by atoms with Gasteiger partial charge in [0.15, 0.2) is 5.75 Å². The molecule has 0 radical (unpaired) electrons. The van der Waals surface area contributed by atoms with Crippen molar-refractivity contribution in [1.82, 2.24) is 9.78 Å². The first-order valence-corrected chi connectivity index (χ1v) is 6.83. The maximum atomic E-state index is 10.5. The van der Waals surface area contributed by atoms with Crippen LogP contribution in [0.25, 0.3) is 0 Å². The fourth-order valence-corrected chi connectivity index (χ4v) is 2.11. The van der Waals surface area contributed by atoms with Gasteiger partial charge in [0.1, 0.15) is 5.69 Å². The van der Waals surface area contributed by atoms with E-state index in [9.17, 15) is 5.11 Å². The third-order valence-corrected chi connectivity index (χ3v) is 3.31. The lowest BCUT2D eigenvalue weighted by Gasteiger charge is -2.28. The summed E-state index contributed by atoms with van der Waals surface area (Å²) in [4.78, 5) is 0. The lowest BCUT2D eigenvalue weighted by molar-refractivity contribution is 0.314. The van der Waals surface area contributed by atoms with Crippen molar-refractivity contribution in [3.8, 4) is 5.75 Å². The van der Waals surface area contributed by atoms with Gasteiger partial charge in [0.2, 0.25) is 0 Å². The maximum Gasteiger partial charge on any atom is 0.160 e. The van der Waals surface area contributed by atoms with Crippen molar-refractivity contribution in [3.05, 3.63) is 11.4 Å². The maximum absolute atomic E-state index is 10.5. The fourth-order valence-electron chi connectivity index (χ4n) is 2.11. The SMILES string of the molecule is CCC(C)c1nn(C(C)(C)C)c(C(C)(C)C)c1O. The summed E-state index contributed by atoms with van der Waals surface area (Å²) in [6, 6.07) is 0. The van der Waals surface area contributed by atoms with Crippen LogP contribution in [0.1, 0.15) is 79.1 Å². The van der Waals surface area contributed by atoms with Gasteiger partial charge in [-0.15, -0.1) is 0 Å². The lowest BCUT2D eigenvalue weighted by Crippen LogP contribution is -2.30. The number of aromatic nitrogens is 2. The molecule has 0 saturated heterocycles. The van der Waals surface area contributed by atoms with Crippen LogP contribution < -0.4 is 0 Å². The molecule has 1 unspecified atom stereocenters. The molecule has 1 N–H and O–H groups in total. The van der Waals surface area contributed by atoms with Crippen LogP contribution in [-0.2, 0) is 11.0 Å². The zero-order valence-corrected chi connectivity index (χ0v) is 13.1. The Labute approximate surface area is 111 Å². The molecule has 0 amide bonds. The molecule has 1 rings (SSSR count). The molecule has 18 heavy (non-hydrogen) atoms. The summed E-state index contributed by atoms with van der Waals surface area (Å²) in [5, 5.41) is 15.2. The molecule has 104 valence electrons. The molecule has 0 aromatic carbocycles. The van der Waals surface area contributed by atoms with Crippen molar-refractivity contribution in [2.45, 2.75) is 78.7 Å². The van der Waals surface area contributed by atoms with Crippen molar-refractivity contribution in [2.75, 3.05) is 0 Å². The highest BCUT2D eigenvalue weighted by Crippen LogP contribution is 2.39. The topological polar surface area (TPSA) is 38.0 Å². The summed E-state index contributed by atoms with van der Waals surface area (Å²) < 4.78 is 1.99. The number of aromatic hydroxyl groups is 1. The molecule has 1 aromatic heterocycles. The van der Waals surface area contributed by atoms with Crippen LogP contribution in [0.4, 0.5) is 0 Å². The molecule has 0 saturated carbocycles. The first-order chi connectivity index (χ1) is 8.00. The van der Waals surface area contributed by atoms with Gasteiger partial charge in [-0.25, -0.2) is 0 Å².